The molecule has 1 aliphatic heterocycles. The zero-order valence-electron chi connectivity index (χ0n) is 15.5. The topological polar surface area (TPSA) is 247 Å². The summed E-state index contributed by atoms with van der Waals surface area (Å²) in [7, 11) is -11.3. The number of hydrogen-bond donors (Lipinski definition) is 7. The molecule has 2 aliphatic rings. The van der Waals surface area contributed by atoms with Crippen molar-refractivity contribution in [1.82, 2.24) is 9.55 Å². The summed E-state index contributed by atoms with van der Waals surface area (Å²) < 4.78 is 54.6. The molecular formula is C11H16FN2O14P3S. The van der Waals surface area contributed by atoms with Gasteiger partial charge in [-0.15, -0.1) is 0 Å². The molecular weight excluding hydrogens is 528 g/mol. The van der Waals surface area contributed by atoms with Crippen molar-refractivity contribution in [3.63, 3.8) is 0 Å². The molecule has 16 nitrogen and oxygen atoms in total. The molecule has 7 N–H and O–H groups in total. The second-order valence-electron chi connectivity index (χ2n) is 7.00. The van der Waals surface area contributed by atoms with Gasteiger partial charge in [0.05, 0.1) is 0 Å². The van der Waals surface area contributed by atoms with Crippen LogP contribution in [0.1, 0.15) is 13.2 Å². The van der Waals surface area contributed by atoms with Gasteiger partial charge in [-0.05, 0) is 18.7 Å². The first-order chi connectivity index (χ1) is 14.3. The first-order valence-electron chi connectivity index (χ1n) is 8.14. The average Bonchev–Trinajstić information content (AvgIpc) is 3.00. The number of halogens is 1. The van der Waals surface area contributed by atoms with Gasteiger partial charge in [-0.3, -0.25) is 18.9 Å². The Labute approximate surface area is 181 Å². The molecule has 2 heterocycles. The Morgan fingerprint density at radius 1 is 1.25 bits per heavy atom. The summed E-state index contributed by atoms with van der Waals surface area (Å²) in [5.41, 5.74) is -9.58. The maximum Gasteiger partial charge on any atom is 0.488 e. The van der Waals surface area contributed by atoms with E-state index in [4.69, 9.17) is 19.0 Å². The number of ether oxygens (including phenoxy) is 1. The fraction of sp³-hybridized carbons (Fsp3) is 0.636. The quantitative estimate of drug-likeness (QED) is 0.177. The number of H-pyrrole nitrogens is 1. The minimum atomic E-state index is -5.70. The van der Waals surface area contributed by atoms with Gasteiger partial charge in [0.1, 0.15) is 18.4 Å². The number of nitrogens with zero attached hydrogens (tertiary/aromatic N) is 1. The first kappa shape index (κ1) is 25.9. The number of nitrogens with one attached hydrogen (secondary N) is 1. The maximum absolute atomic E-state index is 14.0. The number of phosphoric acid groups is 2. The molecule has 32 heavy (non-hydrogen) atoms. The number of alkyl halides is 1. The van der Waals surface area contributed by atoms with Crippen LogP contribution in [-0.2, 0) is 38.8 Å². The Hall–Kier alpha value is -0.680. The van der Waals surface area contributed by atoms with Gasteiger partial charge >= 0.3 is 28.1 Å². The van der Waals surface area contributed by atoms with Crippen molar-refractivity contribution in [1.29, 1.82) is 0 Å². The lowest BCUT2D eigenvalue weighted by Crippen LogP contribution is -2.51. The summed E-state index contributed by atoms with van der Waals surface area (Å²) in [6.07, 6.45) is -2.90. The molecule has 2 fully saturated rings. The summed E-state index contributed by atoms with van der Waals surface area (Å²) >= 11 is 4.45. The van der Waals surface area contributed by atoms with Gasteiger partial charge < -0.3 is 34.5 Å². The van der Waals surface area contributed by atoms with E-state index in [1.807, 2.05) is 4.98 Å². The molecule has 3 rings (SSSR count). The van der Waals surface area contributed by atoms with E-state index >= 15 is 0 Å². The molecule has 0 radical (unpaired) electrons. The summed E-state index contributed by atoms with van der Waals surface area (Å²) in [6, 6.07) is 0.881. The lowest BCUT2D eigenvalue weighted by atomic mass is 9.94. The van der Waals surface area contributed by atoms with Crippen molar-refractivity contribution in [2.75, 3.05) is 6.67 Å². The fourth-order valence-electron chi connectivity index (χ4n) is 3.54. The van der Waals surface area contributed by atoms with E-state index in [0.29, 0.717) is 4.57 Å². The Bertz CT molecular complexity index is 1200. The van der Waals surface area contributed by atoms with E-state index in [1.54, 1.807) is 0 Å². The summed E-state index contributed by atoms with van der Waals surface area (Å²) in [5.74, 6) is 0. The SMILES string of the molecule is C[C@]1(O)[C@H](n2ccc(=O)[nH]c2=O)O[C@]2(CF)C(O[P@@](O)(=S)OP(=O)(O)OP(=O)(O)O)[C@]12O. The highest BCUT2D eigenvalue weighted by Crippen LogP contribution is 2.74. The van der Waals surface area contributed by atoms with Crippen molar-refractivity contribution >= 4 is 34.2 Å². The van der Waals surface area contributed by atoms with Gasteiger partial charge in [0, 0.05) is 12.3 Å². The van der Waals surface area contributed by atoms with Crippen LogP contribution in [0.15, 0.2) is 21.9 Å². The molecule has 1 saturated carbocycles. The van der Waals surface area contributed by atoms with Gasteiger partial charge in [0.25, 0.3) is 5.56 Å². The molecule has 1 aliphatic carbocycles. The van der Waals surface area contributed by atoms with Crippen LogP contribution in [0.25, 0.3) is 0 Å². The Balaban J connectivity index is 1.89. The van der Waals surface area contributed by atoms with E-state index in [-0.39, 0.29) is 0 Å². The third kappa shape index (κ3) is 4.15. The lowest BCUT2D eigenvalue weighted by Gasteiger charge is -2.33. The number of rotatable bonds is 8. The Morgan fingerprint density at radius 3 is 2.31 bits per heavy atom. The Morgan fingerprint density at radius 2 is 1.84 bits per heavy atom. The van der Waals surface area contributed by atoms with Crippen molar-refractivity contribution in [2.45, 2.75) is 36.1 Å². The second-order valence-corrected chi connectivity index (χ2v) is 12.8. The number of hydrogen-bond acceptors (Lipinski definition) is 11. The molecule has 1 aromatic heterocycles. The van der Waals surface area contributed by atoms with Crippen LogP contribution in [0.2, 0.25) is 0 Å². The van der Waals surface area contributed by atoms with Crippen LogP contribution in [-0.4, -0.2) is 68.9 Å². The molecule has 0 bridgehead atoms. The molecule has 0 aromatic carbocycles. The van der Waals surface area contributed by atoms with Gasteiger partial charge in [-0.1, -0.05) is 0 Å². The van der Waals surface area contributed by atoms with Crippen molar-refractivity contribution in [3.05, 3.63) is 33.1 Å². The largest absolute Gasteiger partial charge is 0.488 e. The molecule has 1 aromatic rings. The Kier molecular flexibility index (Phi) is 6.21. The minimum Gasteiger partial charge on any atom is -0.382 e. The standard InChI is InChI=1S/C11H16FN2O14P3S/c1-9(17)7(14-3-2-5(15)13-8(14)16)25-10(4-12)6(11(9,10)18)26-31(24,32)28-30(22,23)27-29(19,20)21/h2-3,6-7,17-18H,4H2,1H3,(H,22,23)(H,24,32)(H,13,15,16)(H2,19,20,21)/t6?,7-,9+,10-,11+,31-/m1/s1. The molecule has 0 spiro atoms. The predicted molar refractivity (Wildman–Crippen MR) is 101 cm³/mol. The number of aromatic amines is 1. The van der Waals surface area contributed by atoms with Crippen LogP contribution in [0.5, 0.6) is 0 Å². The zero-order valence-corrected chi connectivity index (χ0v) is 19.0. The highest BCUT2D eigenvalue weighted by molar-refractivity contribution is 8.08. The maximum atomic E-state index is 14.0. The molecule has 7 atom stereocenters. The van der Waals surface area contributed by atoms with E-state index in [9.17, 15) is 43.1 Å². The van der Waals surface area contributed by atoms with Crippen molar-refractivity contribution in [2.24, 2.45) is 0 Å². The predicted octanol–water partition coefficient (Wildman–Crippen LogP) is -1.90. The average molecular weight is 544 g/mol. The zero-order chi connectivity index (χ0) is 24.5. The second kappa shape index (κ2) is 7.66. The molecule has 1 saturated heterocycles. The van der Waals surface area contributed by atoms with Crippen molar-refractivity contribution < 1.29 is 61.2 Å². The lowest BCUT2D eigenvalue weighted by molar-refractivity contribution is -0.165. The third-order valence-electron chi connectivity index (χ3n) is 4.90. The minimum absolute atomic E-state index is 0.640. The van der Waals surface area contributed by atoms with Gasteiger partial charge in [0.2, 0.25) is 0 Å². The van der Waals surface area contributed by atoms with E-state index < -0.39 is 69.4 Å². The number of aliphatic hydroxyl groups is 2. The molecule has 0 amide bonds. The molecule has 2 unspecified atom stereocenters. The highest BCUT2D eigenvalue weighted by Gasteiger charge is 2.93. The fourth-order valence-corrected chi connectivity index (χ4v) is 7.81. The van der Waals surface area contributed by atoms with Gasteiger partial charge in [0.15, 0.2) is 17.4 Å². The van der Waals surface area contributed by atoms with E-state index in [0.717, 1.165) is 19.2 Å². The van der Waals surface area contributed by atoms with E-state index in [1.165, 1.54) is 0 Å². The van der Waals surface area contributed by atoms with Crippen molar-refractivity contribution in [3.8, 4) is 0 Å². The van der Waals surface area contributed by atoms with Crippen LogP contribution in [0, 0.1) is 0 Å². The monoisotopic (exact) mass is 544 g/mol. The van der Waals surface area contributed by atoms with E-state index in [2.05, 4.69) is 20.4 Å². The van der Waals surface area contributed by atoms with Gasteiger partial charge in [-0.25, -0.2) is 22.6 Å². The third-order valence-corrected chi connectivity index (χ3v) is 9.56. The van der Waals surface area contributed by atoms with Crippen LogP contribution in [0.3, 0.4) is 0 Å². The first-order valence-corrected chi connectivity index (χ1v) is 13.8. The number of fused-ring (bicyclic) bond motifs is 1. The smallest absolute Gasteiger partial charge is 0.382 e. The van der Waals surface area contributed by atoms with Crippen LogP contribution in [0.4, 0.5) is 4.39 Å². The van der Waals surface area contributed by atoms with Crippen LogP contribution >= 0.6 is 22.4 Å². The summed E-state index contributed by atoms with van der Waals surface area (Å²) in [5, 5.41) is 21.8. The van der Waals surface area contributed by atoms with Crippen LogP contribution < -0.4 is 11.2 Å². The highest BCUT2D eigenvalue weighted by atomic mass is 32.5. The van der Waals surface area contributed by atoms with Gasteiger partial charge in [-0.2, -0.15) is 4.31 Å². The summed E-state index contributed by atoms with van der Waals surface area (Å²) in [6.45, 7) is -5.68. The normalized spacial score (nSPS) is 38.0. The summed E-state index contributed by atoms with van der Waals surface area (Å²) in [4.78, 5) is 61.6. The number of aromatic nitrogens is 2. The molecule has 182 valence electrons. The molecule has 21 heteroatoms.